The normalized spacial score (nSPS) is 20.7. The van der Waals surface area contributed by atoms with E-state index >= 15 is 0 Å². The molecule has 1 aliphatic heterocycles. The molecule has 1 heterocycles. The Kier molecular flexibility index (Phi) is 7.76. The molecular weight excluding hydrogens is 312 g/mol. The van der Waals surface area contributed by atoms with E-state index in [1.807, 2.05) is 30.3 Å². The van der Waals surface area contributed by atoms with Crippen molar-refractivity contribution in [3.63, 3.8) is 0 Å². The SMILES string of the molecule is C=C1C(=O)O[C@@H](C#Cc2ccccc2)[C@@H]1C(CCCCCCC)OC. The van der Waals surface area contributed by atoms with Crippen LogP contribution in [0.5, 0.6) is 0 Å². The third kappa shape index (κ3) is 5.47. The fourth-order valence-corrected chi connectivity index (χ4v) is 3.19. The van der Waals surface area contributed by atoms with Crippen molar-refractivity contribution in [2.45, 2.75) is 57.7 Å². The fraction of sp³-hybridized carbons (Fsp3) is 0.500. The minimum Gasteiger partial charge on any atom is -0.445 e. The lowest BCUT2D eigenvalue weighted by Crippen LogP contribution is -2.30. The molecule has 25 heavy (non-hydrogen) atoms. The highest BCUT2D eigenvalue weighted by Gasteiger charge is 2.42. The first-order chi connectivity index (χ1) is 12.2. The van der Waals surface area contributed by atoms with Gasteiger partial charge >= 0.3 is 5.97 Å². The molecule has 1 aromatic carbocycles. The van der Waals surface area contributed by atoms with Gasteiger partial charge in [0.25, 0.3) is 0 Å². The molecule has 3 atom stereocenters. The molecule has 0 spiro atoms. The summed E-state index contributed by atoms with van der Waals surface area (Å²) in [5.41, 5.74) is 1.39. The highest BCUT2D eigenvalue weighted by molar-refractivity contribution is 5.91. The minimum absolute atomic E-state index is 0.0874. The Balaban J connectivity index is 2.04. The van der Waals surface area contributed by atoms with Crippen LogP contribution in [0.2, 0.25) is 0 Å². The average Bonchev–Trinajstić information content (AvgIpc) is 2.92. The predicted octanol–water partition coefficient (Wildman–Crippen LogP) is 4.51. The van der Waals surface area contributed by atoms with Crippen LogP contribution in [0.1, 0.15) is 51.0 Å². The Morgan fingerprint density at radius 2 is 1.92 bits per heavy atom. The molecule has 0 aromatic heterocycles. The van der Waals surface area contributed by atoms with E-state index < -0.39 is 6.10 Å². The number of carbonyl (C=O) groups excluding carboxylic acids is 1. The standard InChI is InChI=1S/C22H28O3/c1-4-5-6-7-11-14-19(24-3)21-17(2)22(23)25-20(21)16-15-18-12-9-8-10-13-18/h8-10,12-13,19-21H,2,4-7,11,14H2,1,3H3/t19?,20-,21-/m0/s1. The molecule has 3 nitrogen and oxygen atoms in total. The van der Waals surface area contributed by atoms with Gasteiger partial charge in [0.05, 0.1) is 12.0 Å². The van der Waals surface area contributed by atoms with Gasteiger partial charge in [-0.3, -0.25) is 0 Å². The van der Waals surface area contributed by atoms with Gasteiger partial charge in [-0.2, -0.15) is 0 Å². The van der Waals surface area contributed by atoms with Crippen LogP contribution in [0.15, 0.2) is 42.5 Å². The van der Waals surface area contributed by atoms with Gasteiger partial charge < -0.3 is 9.47 Å². The van der Waals surface area contributed by atoms with Crippen LogP contribution in [-0.4, -0.2) is 25.3 Å². The summed E-state index contributed by atoms with van der Waals surface area (Å²) in [6.07, 6.45) is 6.32. The van der Waals surface area contributed by atoms with Crippen molar-refractivity contribution in [2.75, 3.05) is 7.11 Å². The summed E-state index contributed by atoms with van der Waals surface area (Å²) in [5, 5.41) is 0. The molecule has 1 saturated heterocycles. The molecule has 1 aromatic rings. The number of hydrogen-bond acceptors (Lipinski definition) is 3. The van der Waals surface area contributed by atoms with Crippen molar-refractivity contribution in [3.05, 3.63) is 48.0 Å². The smallest absolute Gasteiger partial charge is 0.335 e. The van der Waals surface area contributed by atoms with Crippen molar-refractivity contribution >= 4 is 5.97 Å². The molecule has 0 radical (unpaired) electrons. The molecule has 134 valence electrons. The largest absolute Gasteiger partial charge is 0.445 e. The molecule has 1 aliphatic rings. The van der Waals surface area contributed by atoms with Crippen molar-refractivity contribution in [3.8, 4) is 11.8 Å². The molecule has 2 rings (SSSR count). The second-order valence-electron chi connectivity index (χ2n) is 6.49. The Morgan fingerprint density at radius 3 is 2.60 bits per heavy atom. The summed E-state index contributed by atoms with van der Waals surface area (Å²) in [4.78, 5) is 12.0. The van der Waals surface area contributed by atoms with Crippen LogP contribution in [-0.2, 0) is 14.3 Å². The number of unbranched alkanes of at least 4 members (excludes halogenated alkanes) is 4. The average molecular weight is 340 g/mol. The Hall–Kier alpha value is -2.05. The first-order valence-corrected chi connectivity index (χ1v) is 9.16. The summed E-state index contributed by atoms with van der Waals surface area (Å²) in [7, 11) is 1.69. The van der Waals surface area contributed by atoms with E-state index in [2.05, 4.69) is 25.3 Å². The van der Waals surface area contributed by atoms with Gasteiger partial charge in [-0.05, 0) is 18.6 Å². The van der Waals surface area contributed by atoms with Gasteiger partial charge in [0, 0.05) is 18.2 Å². The fourth-order valence-electron chi connectivity index (χ4n) is 3.19. The number of methoxy groups -OCH3 is 1. The first kappa shape index (κ1) is 19.3. The summed E-state index contributed by atoms with van der Waals surface area (Å²) in [5.74, 6) is 5.65. The van der Waals surface area contributed by atoms with Crippen LogP contribution in [0.4, 0.5) is 0 Å². The summed E-state index contributed by atoms with van der Waals surface area (Å²) in [6, 6.07) is 9.71. The van der Waals surface area contributed by atoms with Crippen molar-refractivity contribution < 1.29 is 14.3 Å². The van der Waals surface area contributed by atoms with Crippen LogP contribution in [0.25, 0.3) is 0 Å². The number of esters is 1. The van der Waals surface area contributed by atoms with E-state index in [4.69, 9.17) is 9.47 Å². The molecule has 0 saturated carbocycles. The van der Waals surface area contributed by atoms with Gasteiger partial charge in [0.15, 0.2) is 6.10 Å². The second-order valence-corrected chi connectivity index (χ2v) is 6.49. The maximum atomic E-state index is 12.0. The van der Waals surface area contributed by atoms with Crippen LogP contribution < -0.4 is 0 Å². The molecule has 1 fully saturated rings. The number of benzene rings is 1. The van der Waals surface area contributed by atoms with Crippen LogP contribution in [0.3, 0.4) is 0 Å². The molecule has 1 unspecified atom stereocenters. The molecule has 0 aliphatic carbocycles. The summed E-state index contributed by atoms with van der Waals surface area (Å²) < 4.78 is 11.1. The lowest BCUT2D eigenvalue weighted by Gasteiger charge is -2.23. The predicted molar refractivity (Wildman–Crippen MR) is 100 cm³/mol. The Labute approximate surface area is 151 Å². The number of hydrogen-bond donors (Lipinski definition) is 0. The molecule has 0 bridgehead atoms. The Bertz CT molecular complexity index is 624. The van der Waals surface area contributed by atoms with Gasteiger partial charge in [-0.1, -0.05) is 75.6 Å². The lowest BCUT2D eigenvalue weighted by molar-refractivity contribution is -0.137. The lowest BCUT2D eigenvalue weighted by atomic mass is 9.88. The maximum absolute atomic E-state index is 12.0. The van der Waals surface area contributed by atoms with Gasteiger partial charge in [0.1, 0.15) is 0 Å². The summed E-state index contributed by atoms with van der Waals surface area (Å²) >= 11 is 0. The number of cyclic esters (lactones) is 1. The van der Waals surface area contributed by atoms with E-state index in [1.165, 1.54) is 25.7 Å². The Morgan fingerprint density at radius 1 is 1.20 bits per heavy atom. The summed E-state index contributed by atoms with van der Waals surface area (Å²) in [6.45, 7) is 6.13. The van der Waals surface area contributed by atoms with E-state index in [9.17, 15) is 4.79 Å². The number of ether oxygens (including phenoxy) is 2. The van der Waals surface area contributed by atoms with E-state index in [0.29, 0.717) is 5.57 Å². The van der Waals surface area contributed by atoms with E-state index in [-0.39, 0.29) is 18.0 Å². The molecule has 3 heteroatoms. The first-order valence-electron chi connectivity index (χ1n) is 9.16. The zero-order valence-electron chi connectivity index (χ0n) is 15.3. The van der Waals surface area contributed by atoms with Crippen molar-refractivity contribution in [1.29, 1.82) is 0 Å². The van der Waals surface area contributed by atoms with E-state index in [0.717, 1.165) is 18.4 Å². The third-order valence-corrected chi connectivity index (χ3v) is 4.65. The highest BCUT2D eigenvalue weighted by atomic mass is 16.6. The van der Waals surface area contributed by atoms with Crippen molar-refractivity contribution in [1.82, 2.24) is 0 Å². The zero-order chi connectivity index (χ0) is 18.1. The maximum Gasteiger partial charge on any atom is 0.335 e. The number of carbonyl (C=O) groups is 1. The van der Waals surface area contributed by atoms with Crippen LogP contribution >= 0.6 is 0 Å². The van der Waals surface area contributed by atoms with E-state index in [1.54, 1.807) is 7.11 Å². The van der Waals surface area contributed by atoms with Gasteiger partial charge in [-0.15, -0.1) is 0 Å². The van der Waals surface area contributed by atoms with Crippen molar-refractivity contribution in [2.24, 2.45) is 5.92 Å². The zero-order valence-corrected chi connectivity index (χ0v) is 15.3. The van der Waals surface area contributed by atoms with Gasteiger partial charge in [-0.25, -0.2) is 4.79 Å². The number of rotatable bonds is 8. The molecule has 0 N–H and O–H groups in total. The third-order valence-electron chi connectivity index (χ3n) is 4.65. The highest BCUT2D eigenvalue weighted by Crippen LogP contribution is 2.33. The van der Waals surface area contributed by atoms with Crippen LogP contribution in [0, 0.1) is 17.8 Å². The molecule has 0 amide bonds. The second kappa shape index (κ2) is 10.1. The monoisotopic (exact) mass is 340 g/mol. The minimum atomic E-state index is -0.485. The van der Waals surface area contributed by atoms with Gasteiger partial charge in [0.2, 0.25) is 0 Å². The molecular formula is C22H28O3. The topological polar surface area (TPSA) is 35.5 Å². The quantitative estimate of drug-likeness (QED) is 0.302.